The SMILES string of the molecule is Nc1cccc(CCC(=O)c2cccnc2N)c1. The molecule has 0 fully saturated rings. The molecule has 0 amide bonds. The summed E-state index contributed by atoms with van der Waals surface area (Å²) in [7, 11) is 0. The number of Topliss-reactive ketones (excluding diaryl/α,β-unsaturated/α-hetero) is 1. The summed E-state index contributed by atoms with van der Waals surface area (Å²) in [5.74, 6) is 0.290. The van der Waals surface area contributed by atoms with E-state index in [1.807, 2.05) is 24.3 Å². The number of rotatable bonds is 4. The van der Waals surface area contributed by atoms with Crippen molar-refractivity contribution in [1.82, 2.24) is 4.98 Å². The topological polar surface area (TPSA) is 82.0 Å². The van der Waals surface area contributed by atoms with E-state index in [1.165, 1.54) is 0 Å². The standard InChI is InChI=1S/C14H15N3O/c15-11-4-1-3-10(9-11)6-7-13(18)12-5-2-8-17-14(12)16/h1-5,8-9H,6-7,15H2,(H2,16,17). The zero-order valence-corrected chi connectivity index (χ0v) is 9.97. The van der Waals surface area contributed by atoms with Crippen molar-refractivity contribution in [3.05, 3.63) is 53.7 Å². The maximum atomic E-state index is 12.0. The Morgan fingerprint density at radius 2 is 2.00 bits per heavy atom. The van der Waals surface area contributed by atoms with Gasteiger partial charge in [0.2, 0.25) is 0 Å². The van der Waals surface area contributed by atoms with Crippen molar-refractivity contribution in [2.75, 3.05) is 11.5 Å². The molecule has 0 saturated carbocycles. The first kappa shape index (κ1) is 12.1. The molecule has 2 rings (SSSR count). The molecule has 1 heterocycles. The molecule has 1 aromatic carbocycles. The van der Waals surface area contributed by atoms with E-state index in [1.54, 1.807) is 18.3 Å². The fraction of sp³-hybridized carbons (Fsp3) is 0.143. The number of nitrogens with zero attached hydrogens (tertiary/aromatic N) is 1. The Balaban J connectivity index is 2.03. The van der Waals surface area contributed by atoms with Gasteiger partial charge in [-0.25, -0.2) is 4.98 Å². The highest BCUT2D eigenvalue weighted by atomic mass is 16.1. The molecule has 0 spiro atoms. The lowest BCUT2D eigenvalue weighted by Gasteiger charge is -2.04. The normalized spacial score (nSPS) is 10.2. The molecule has 0 saturated heterocycles. The summed E-state index contributed by atoms with van der Waals surface area (Å²) in [4.78, 5) is 15.9. The first-order valence-corrected chi connectivity index (χ1v) is 5.75. The quantitative estimate of drug-likeness (QED) is 0.634. The van der Waals surface area contributed by atoms with Crippen molar-refractivity contribution in [2.24, 2.45) is 0 Å². The van der Waals surface area contributed by atoms with Crippen molar-refractivity contribution < 1.29 is 4.79 Å². The molecular formula is C14H15N3O. The second-order valence-electron chi connectivity index (χ2n) is 4.10. The summed E-state index contributed by atoms with van der Waals surface area (Å²) in [5.41, 5.74) is 13.6. The maximum Gasteiger partial charge on any atom is 0.166 e. The minimum Gasteiger partial charge on any atom is -0.399 e. The highest BCUT2D eigenvalue weighted by Gasteiger charge is 2.09. The van der Waals surface area contributed by atoms with E-state index in [0.717, 1.165) is 5.56 Å². The van der Waals surface area contributed by atoms with Crippen LogP contribution in [0.2, 0.25) is 0 Å². The van der Waals surface area contributed by atoms with Crippen molar-refractivity contribution in [3.8, 4) is 0 Å². The number of aryl methyl sites for hydroxylation is 1. The first-order valence-electron chi connectivity index (χ1n) is 5.75. The van der Waals surface area contributed by atoms with Gasteiger partial charge in [-0.3, -0.25) is 4.79 Å². The summed E-state index contributed by atoms with van der Waals surface area (Å²) in [6, 6.07) is 10.9. The van der Waals surface area contributed by atoms with Crippen molar-refractivity contribution >= 4 is 17.3 Å². The van der Waals surface area contributed by atoms with Gasteiger partial charge in [0.25, 0.3) is 0 Å². The molecule has 0 aliphatic carbocycles. The van der Waals surface area contributed by atoms with Crippen molar-refractivity contribution in [3.63, 3.8) is 0 Å². The number of anilines is 2. The van der Waals surface area contributed by atoms with Crippen LogP contribution in [0.25, 0.3) is 0 Å². The van der Waals surface area contributed by atoms with Gasteiger partial charge in [0.1, 0.15) is 5.82 Å². The fourth-order valence-electron chi connectivity index (χ4n) is 1.79. The second-order valence-corrected chi connectivity index (χ2v) is 4.10. The number of ketones is 1. The Bertz CT molecular complexity index is 566. The van der Waals surface area contributed by atoms with Gasteiger partial charge < -0.3 is 11.5 Å². The van der Waals surface area contributed by atoms with E-state index in [2.05, 4.69) is 4.98 Å². The lowest BCUT2D eigenvalue weighted by atomic mass is 10.0. The lowest BCUT2D eigenvalue weighted by molar-refractivity contribution is 0.0983. The monoisotopic (exact) mass is 241 g/mol. The summed E-state index contributed by atoms with van der Waals surface area (Å²) < 4.78 is 0. The third-order valence-corrected chi connectivity index (χ3v) is 2.73. The van der Waals surface area contributed by atoms with Crippen molar-refractivity contribution in [1.29, 1.82) is 0 Å². The van der Waals surface area contributed by atoms with Gasteiger partial charge in [-0.05, 0) is 36.2 Å². The molecular weight excluding hydrogens is 226 g/mol. The zero-order chi connectivity index (χ0) is 13.0. The summed E-state index contributed by atoms with van der Waals surface area (Å²) in [6.07, 6.45) is 2.63. The average Bonchev–Trinajstić information content (AvgIpc) is 2.37. The molecule has 4 heteroatoms. The number of hydrogen-bond donors (Lipinski definition) is 2. The molecule has 0 aliphatic heterocycles. The average molecular weight is 241 g/mol. The first-order chi connectivity index (χ1) is 8.66. The third kappa shape index (κ3) is 2.85. The van der Waals surface area contributed by atoms with E-state index >= 15 is 0 Å². The van der Waals surface area contributed by atoms with Crippen LogP contribution in [0.1, 0.15) is 22.3 Å². The summed E-state index contributed by atoms with van der Waals surface area (Å²) >= 11 is 0. The van der Waals surface area contributed by atoms with Crippen LogP contribution in [0, 0.1) is 0 Å². The number of hydrogen-bond acceptors (Lipinski definition) is 4. The number of benzene rings is 1. The Morgan fingerprint density at radius 3 is 2.72 bits per heavy atom. The Kier molecular flexibility index (Phi) is 3.57. The fourth-order valence-corrected chi connectivity index (χ4v) is 1.79. The van der Waals surface area contributed by atoms with Gasteiger partial charge in [-0.1, -0.05) is 12.1 Å². The van der Waals surface area contributed by atoms with Crippen LogP contribution < -0.4 is 11.5 Å². The highest BCUT2D eigenvalue weighted by molar-refractivity contribution is 5.99. The van der Waals surface area contributed by atoms with Crippen LogP contribution in [-0.2, 0) is 6.42 Å². The predicted molar refractivity (Wildman–Crippen MR) is 72.2 cm³/mol. The number of carbonyl (C=O) groups is 1. The Labute approximate surface area is 106 Å². The number of nitrogens with two attached hydrogens (primary N) is 2. The minimum atomic E-state index is 0.00280. The summed E-state index contributed by atoms with van der Waals surface area (Å²) in [5, 5.41) is 0. The molecule has 4 N–H and O–H groups in total. The van der Waals surface area contributed by atoms with Crippen LogP contribution in [0.15, 0.2) is 42.6 Å². The number of nitrogen functional groups attached to an aromatic ring is 2. The number of carbonyl (C=O) groups excluding carboxylic acids is 1. The van der Waals surface area contributed by atoms with Crippen LogP contribution in [-0.4, -0.2) is 10.8 Å². The van der Waals surface area contributed by atoms with Crippen LogP contribution in [0.5, 0.6) is 0 Å². The minimum absolute atomic E-state index is 0.00280. The van der Waals surface area contributed by atoms with Gasteiger partial charge in [0.15, 0.2) is 5.78 Å². The molecule has 2 aromatic rings. The zero-order valence-electron chi connectivity index (χ0n) is 9.97. The third-order valence-electron chi connectivity index (χ3n) is 2.73. The second kappa shape index (κ2) is 5.31. The highest BCUT2D eigenvalue weighted by Crippen LogP contribution is 2.14. The predicted octanol–water partition coefficient (Wildman–Crippen LogP) is 2.06. The van der Waals surface area contributed by atoms with Crippen LogP contribution in [0.3, 0.4) is 0 Å². The van der Waals surface area contributed by atoms with Gasteiger partial charge in [0.05, 0.1) is 5.56 Å². The van der Waals surface area contributed by atoms with E-state index in [0.29, 0.717) is 24.1 Å². The van der Waals surface area contributed by atoms with E-state index in [-0.39, 0.29) is 11.6 Å². The van der Waals surface area contributed by atoms with Crippen LogP contribution >= 0.6 is 0 Å². The lowest BCUT2D eigenvalue weighted by Crippen LogP contribution is -2.06. The van der Waals surface area contributed by atoms with Gasteiger partial charge in [0, 0.05) is 18.3 Å². The van der Waals surface area contributed by atoms with Gasteiger partial charge in [-0.15, -0.1) is 0 Å². The molecule has 0 atom stereocenters. The molecule has 0 bridgehead atoms. The molecule has 0 unspecified atom stereocenters. The van der Waals surface area contributed by atoms with Gasteiger partial charge in [-0.2, -0.15) is 0 Å². The van der Waals surface area contributed by atoms with E-state index in [9.17, 15) is 4.79 Å². The molecule has 4 nitrogen and oxygen atoms in total. The van der Waals surface area contributed by atoms with Gasteiger partial charge >= 0.3 is 0 Å². The number of pyridine rings is 1. The van der Waals surface area contributed by atoms with Crippen molar-refractivity contribution in [2.45, 2.75) is 12.8 Å². The smallest absolute Gasteiger partial charge is 0.166 e. The van der Waals surface area contributed by atoms with E-state index < -0.39 is 0 Å². The largest absolute Gasteiger partial charge is 0.399 e. The molecule has 1 aromatic heterocycles. The molecule has 92 valence electrons. The Morgan fingerprint density at radius 1 is 1.17 bits per heavy atom. The van der Waals surface area contributed by atoms with E-state index in [4.69, 9.17) is 11.5 Å². The molecule has 18 heavy (non-hydrogen) atoms. The maximum absolute atomic E-state index is 12.0. The van der Waals surface area contributed by atoms with Crippen LogP contribution in [0.4, 0.5) is 11.5 Å². The summed E-state index contributed by atoms with van der Waals surface area (Å²) in [6.45, 7) is 0. The Hall–Kier alpha value is -2.36. The number of aromatic nitrogens is 1. The molecule has 0 aliphatic rings. The molecule has 0 radical (unpaired) electrons.